The molecule has 1 aromatic heterocycles. The Bertz CT molecular complexity index is 410. The van der Waals surface area contributed by atoms with Crippen LogP contribution in [0.1, 0.15) is 69.7 Å². The minimum absolute atomic E-state index is 0.494. The maximum Gasteiger partial charge on any atom is 0.0540 e. The molecule has 1 fully saturated rings. The molecule has 0 amide bonds. The topological polar surface area (TPSA) is 29.9 Å². The van der Waals surface area contributed by atoms with Gasteiger partial charge in [-0.25, -0.2) is 0 Å². The normalized spacial score (nSPS) is 24.8. The van der Waals surface area contributed by atoms with Gasteiger partial charge in [-0.1, -0.05) is 39.5 Å². The van der Waals surface area contributed by atoms with Gasteiger partial charge in [0.05, 0.1) is 6.20 Å². The molecular formula is C17H31N3. The predicted molar refractivity (Wildman–Crippen MR) is 84.7 cm³/mol. The molecule has 3 heteroatoms. The zero-order valence-electron chi connectivity index (χ0n) is 13.7. The first-order valence-corrected chi connectivity index (χ1v) is 8.40. The lowest BCUT2D eigenvalue weighted by atomic mass is 9.72. The molecule has 0 radical (unpaired) electrons. The number of nitrogens with one attached hydrogen (secondary N) is 1. The number of rotatable bonds is 6. The molecule has 1 heterocycles. The van der Waals surface area contributed by atoms with Crippen molar-refractivity contribution in [3.05, 3.63) is 17.5 Å². The summed E-state index contributed by atoms with van der Waals surface area (Å²) in [6.07, 6.45) is 10.2. The van der Waals surface area contributed by atoms with Gasteiger partial charge in [-0.2, -0.15) is 5.10 Å². The highest BCUT2D eigenvalue weighted by molar-refractivity contribution is 5.22. The van der Waals surface area contributed by atoms with Crippen LogP contribution in [0.3, 0.4) is 0 Å². The van der Waals surface area contributed by atoms with Gasteiger partial charge in [0.15, 0.2) is 0 Å². The second kappa shape index (κ2) is 7.26. The van der Waals surface area contributed by atoms with Gasteiger partial charge in [0, 0.05) is 24.3 Å². The van der Waals surface area contributed by atoms with Gasteiger partial charge in [-0.15, -0.1) is 0 Å². The van der Waals surface area contributed by atoms with Crippen molar-refractivity contribution in [1.29, 1.82) is 0 Å². The number of aryl methyl sites for hydroxylation is 1. The Morgan fingerprint density at radius 2 is 2.10 bits per heavy atom. The average molecular weight is 277 g/mol. The fourth-order valence-corrected chi connectivity index (χ4v) is 3.79. The third-order valence-corrected chi connectivity index (χ3v) is 5.14. The molecule has 0 spiro atoms. The number of nitrogens with zero attached hydrogens (tertiary/aromatic N) is 2. The maximum atomic E-state index is 4.47. The van der Waals surface area contributed by atoms with E-state index in [0.29, 0.717) is 6.04 Å². The van der Waals surface area contributed by atoms with Crippen molar-refractivity contribution in [2.45, 2.75) is 65.3 Å². The van der Waals surface area contributed by atoms with Crippen LogP contribution in [0.2, 0.25) is 0 Å². The Hall–Kier alpha value is -0.830. The monoisotopic (exact) mass is 277 g/mol. The Morgan fingerprint density at radius 1 is 1.35 bits per heavy atom. The molecule has 1 saturated carbocycles. The smallest absolute Gasteiger partial charge is 0.0540 e. The minimum Gasteiger partial charge on any atom is -0.310 e. The van der Waals surface area contributed by atoms with E-state index in [9.17, 15) is 0 Å². The molecule has 1 aliphatic carbocycles. The lowest BCUT2D eigenvalue weighted by Crippen LogP contribution is -2.35. The molecule has 0 saturated heterocycles. The number of aromatic nitrogens is 2. The van der Waals surface area contributed by atoms with Crippen molar-refractivity contribution in [3.63, 3.8) is 0 Å². The van der Waals surface area contributed by atoms with Crippen LogP contribution in [0.4, 0.5) is 0 Å². The number of hydrogen-bond acceptors (Lipinski definition) is 2. The summed E-state index contributed by atoms with van der Waals surface area (Å²) in [5.41, 5.74) is 2.74. The van der Waals surface area contributed by atoms with Crippen molar-refractivity contribution in [2.75, 3.05) is 6.54 Å². The van der Waals surface area contributed by atoms with Crippen molar-refractivity contribution in [1.82, 2.24) is 15.1 Å². The fourth-order valence-electron chi connectivity index (χ4n) is 3.79. The van der Waals surface area contributed by atoms with Gasteiger partial charge in [-0.3, -0.25) is 4.68 Å². The van der Waals surface area contributed by atoms with Gasteiger partial charge < -0.3 is 5.32 Å². The van der Waals surface area contributed by atoms with E-state index in [0.717, 1.165) is 18.4 Å². The Kier molecular flexibility index (Phi) is 5.64. The van der Waals surface area contributed by atoms with Crippen LogP contribution < -0.4 is 5.32 Å². The summed E-state index contributed by atoms with van der Waals surface area (Å²) >= 11 is 0. The predicted octanol–water partition coefficient (Wildman–Crippen LogP) is 3.99. The highest BCUT2D eigenvalue weighted by Gasteiger charge is 2.32. The largest absolute Gasteiger partial charge is 0.310 e. The molecule has 0 aliphatic heterocycles. The van der Waals surface area contributed by atoms with Crippen LogP contribution in [0, 0.1) is 18.8 Å². The van der Waals surface area contributed by atoms with Gasteiger partial charge in [-0.05, 0) is 38.1 Å². The zero-order chi connectivity index (χ0) is 14.5. The van der Waals surface area contributed by atoms with Gasteiger partial charge in [0.2, 0.25) is 0 Å². The summed E-state index contributed by atoms with van der Waals surface area (Å²) in [5, 5.41) is 8.29. The molecule has 3 atom stereocenters. The van der Waals surface area contributed by atoms with E-state index in [4.69, 9.17) is 0 Å². The van der Waals surface area contributed by atoms with Crippen molar-refractivity contribution in [3.8, 4) is 0 Å². The first kappa shape index (κ1) is 15.6. The zero-order valence-corrected chi connectivity index (χ0v) is 13.7. The Labute approximate surface area is 124 Å². The molecular weight excluding hydrogens is 246 g/mol. The second-order valence-corrected chi connectivity index (χ2v) is 6.36. The molecule has 0 bridgehead atoms. The molecule has 1 N–H and O–H groups in total. The second-order valence-electron chi connectivity index (χ2n) is 6.36. The Balaban J connectivity index is 2.24. The van der Waals surface area contributed by atoms with E-state index in [2.05, 4.69) is 37.4 Å². The third-order valence-electron chi connectivity index (χ3n) is 5.14. The molecule has 0 aromatic carbocycles. The van der Waals surface area contributed by atoms with E-state index in [1.165, 1.54) is 49.8 Å². The minimum atomic E-state index is 0.494. The first-order valence-electron chi connectivity index (χ1n) is 8.40. The van der Waals surface area contributed by atoms with E-state index in [1.54, 1.807) is 0 Å². The van der Waals surface area contributed by atoms with Crippen LogP contribution in [0.15, 0.2) is 6.20 Å². The van der Waals surface area contributed by atoms with Crippen LogP contribution in [0.5, 0.6) is 0 Å². The van der Waals surface area contributed by atoms with Gasteiger partial charge in [0.25, 0.3) is 0 Å². The van der Waals surface area contributed by atoms with Crippen LogP contribution in [-0.2, 0) is 7.05 Å². The standard InChI is InChI=1S/C17H31N3/c1-5-11-18-17(16-12-19-20(4)13(16)3)15-10-8-7-9-14(15)6-2/h12,14-15,17-18H,5-11H2,1-4H3. The average Bonchev–Trinajstić information content (AvgIpc) is 2.80. The van der Waals surface area contributed by atoms with Crippen LogP contribution >= 0.6 is 0 Å². The first-order chi connectivity index (χ1) is 9.69. The lowest BCUT2D eigenvalue weighted by molar-refractivity contribution is 0.175. The highest BCUT2D eigenvalue weighted by Crippen LogP contribution is 2.40. The van der Waals surface area contributed by atoms with E-state index in [-0.39, 0.29) is 0 Å². The molecule has 3 nitrogen and oxygen atoms in total. The van der Waals surface area contributed by atoms with Crippen molar-refractivity contribution in [2.24, 2.45) is 18.9 Å². The third kappa shape index (κ3) is 3.25. The van der Waals surface area contributed by atoms with Crippen molar-refractivity contribution < 1.29 is 0 Å². The van der Waals surface area contributed by atoms with Gasteiger partial charge in [0.1, 0.15) is 0 Å². The quantitative estimate of drug-likeness (QED) is 0.852. The molecule has 3 unspecified atom stereocenters. The molecule has 2 rings (SSSR count). The Morgan fingerprint density at radius 3 is 2.70 bits per heavy atom. The summed E-state index contributed by atoms with van der Waals surface area (Å²) in [4.78, 5) is 0. The summed E-state index contributed by atoms with van der Waals surface area (Å²) < 4.78 is 2.01. The van der Waals surface area contributed by atoms with Crippen molar-refractivity contribution >= 4 is 0 Å². The maximum absolute atomic E-state index is 4.47. The molecule has 114 valence electrons. The molecule has 20 heavy (non-hydrogen) atoms. The van der Waals surface area contributed by atoms with Crippen LogP contribution in [-0.4, -0.2) is 16.3 Å². The molecule has 1 aromatic rings. The van der Waals surface area contributed by atoms with Gasteiger partial charge >= 0.3 is 0 Å². The highest BCUT2D eigenvalue weighted by atomic mass is 15.3. The van der Waals surface area contributed by atoms with Crippen LogP contribution in [0.25, 0.3) is 0 Å². The fraction of sp³-hybridized carbons (Fsp3) is 0.824. The summed E-state index contributed by atoms with van der Waals surface area (Å²) in [7, 11) is 2.05. The lowest BCUT2D eigenvalue weighted by Gasteiger charge is -2.37. The summed E-state index contributed by atoms with van der Waals surface area (Å²) in [6.45, 7) is 7.91. The van der Waals surface area contributed by atoms with E-state index >= 15 is 0 Å². The summed E-state index contributed by atoms with van der Waals surface area (Å²) in [5.74, 6) is 1.65. The summed E-state index contributed by atoms with van der Waals surface area (Å²) in [6, 6.07) is 0.494. The van der Waals surface area contributed by atoms with E-state index in [1.807, 2.05) is 11.7 Å². The number of hydrogen-bond donors (Lipinski definition) is 1. The molecule has 1 aliphatic rings. The SMILES string of the molecule is CCCNC(c1cnn(C)c1C)C1CCCCC1CC. The van der Waals surface area contributed by atoms with E-state index < -0.39 is 0 Å².